The number of nitrogens with zero attached hydrogens (tertiary/aromatic N) is 3. The predicted octanol–water partition coefficient (Wildman–Crippen LogP) is 4.03. The molecule has 1 heterocycles. The van der Waals surface area contributed by atoms with Crippen molar-refractivity contribution < 1.29 is 14.1 Å². The van der Waals surface area contributed by atoms with E-state index < -0.39 is 4.92 Å². The maximum absolute atomic E-state index is 11.9. The van der Waals surface area contributed by atoms with Crippen LogP contribution in [0.4, 0.5) is 11.4 Å². The van der Waals surface area contributed by atoms with Crippen molar-refractivity contribution in [3.05, 3.63) is 63.7 Å². The van der Waals surface area contributed by atoms with Crippen molar-refractivity contribution in [1.29, 1.82) is 0 Å². The van der Waals surface area contributed by atoms with Gasteiger partial charge in [0.25, 0.3) is 10.9 Å². The lowest BCUT2D eigenvalue weighted by Crippen LogP contribution is -2.13. The summed E-state index contributed by atoms with van der Waals surface area (Å²) in [7, 11) is 0. The first-order chi connectivity index (χ1) is 12.5. The highest BCUT2D eigenvalue weighted by atomic mass is 35.5. The largest absolute Gasteiger partial charge is 0.411 e. The van der Waals surface area contributed by atoms with Gasteiger partial charge >= 0.3 is 0 Å². The molecule has 0 bridgehead atoms. The lowest BCUT2D eigenvalue weighted by molar-refractivity contribution is -0.384. The van der Waals surface area contributed by atoms with E-state index in [1.165, 1.54) is 24.3 Å². The van der Waals surface area contributed by atoms with Crippen molar-refractivity contribution in [1.82, 2.24) is 10.2 Å². The molecule has 0 atom stereocenters. The Hall–Kier alpha value is -2.91. The van der Waals surface area contributed by atoms with Gasteiger partial charge in [-0.25, -0.2) is 0 Å². The monoisotopic (exact) mass is 390 g/mol. The zero-order chi connectivity index (χ0) is 18.5. The molecule has 1 aromatic heterocycles. The lowest BCUT2D eigenvalue weighted by Gasteiger charge is -2.03. The van der Waals surface area contributed by atoms with Crippen molar-refractivity contribution in [2.24, 2.45) is 0 Å². The topological polar surface area (TPSA) is 111 Å². The van der Waals surface area contributed by atoms with E-state index in [1.807, 2.05) is 0 Å². The molecule has 10 heteroatoms. The Morgan fingerprint density at radius 2 is 1.85 bits per heavy atom. The first-order valence-corrected chi connectivity index (χ1v) is 8.64. The number of benzene rings is 2. The molecule has 1 amide bonds. The minimum atomic E-state index is -0.488. The second kappa shape index (κ2) is 7.98. The molecular weight excluding hydrogens is 380 g/mol. The summed E-state index contributed by atoms with van der Waals surface area (Å²) in [4.78, 5) is 22.1. The highest BCUT2D eigenvalue weighted by Gasteiger charge is 2.13. The van der Waals surface area contributed by atoms with E-state index in [4.69, 9.17) is 16.0 Å². The molecule has 0 aliphatic heterocycles. The van der Waals surface area contributed by atoms with Gasteiger partial charge in [0.15, 0.2) is 0 Å². The SMILES string of the molecule is O=C(CSc1nnc(-c2ccc([N+](=O)[O-])cc2)o1)Nc1ccc(Cl)cc1. The number of rotatable bonds is 6. The normalized spacial score (nSPS) is 10.5. The molecule has 0 unspecified atom stereocenters. The second-order valence-corrected chi connectivity index (χ2v) is 6.38. The molecule has 1 N–H and O–H groups in total. The fourth-order valence-corrected chi connectivity index (χ4v) is 2.66. The standard InChI is InChI=1S/C16H11ClN4O4S/c17-11-3-5-12(6-4-11)18-14(22)9-26-16-20-19-15(25-16)10-1-7-13(8-2-10)21(23)24/h1-8H,9H2,(H,18,22). The van der Waals surface area contributed by atoms with Gasteiger partial charge in [0, 0.05) is 28.4 Å². The van der Waals surface area contributed by atoms with Gasteiger partial charge in [0.1, 0.15) is 0 Å². The van der Waals surface area contributed by atoms with Crippen molar-refractivity contribution in [3.63, 3.8) is 0 Å². The number of hydrogen-bond acceptors (Lipinski definition) is 7. The highest BCUT2D eigenvalue weighted by Crippen LogP contribution is 2.25. The number of thioether (sulfide) groups is 1. The average molecular weight is 391 g/mol. The summed E-state index contributed by atoms with van der Waals surface area (Å²) in [5.41, 5.74) is 1.17. The molecule has 0 radical (unpaired) electrons. The molecule has 3 aromatic rings. The van der Waals surface area contributed by atoms with Crippen molar-refractivity contribution in [2.75, 3.05) is 11.1 Å². The van der Waals surface area contributed by atoms with Crippen LogP contribution in [0.2, 0.25) is 5.02 Å². The van der Waals surface area contributed by atoms with Crippen molar-refractivity contribution in [3.8, 4) is 11.5 Å². The number of amides is 1. The van der Waals surface area contributed by atoms with Crippen LogP contribution in [0.25, 0.3) is 11.5 Å². The highest BCUT2D eigenvalue weighted by molar-refractivity contribution is 7.99. The quantitative estimate of drug-likeness (QED) is 0.384. The Morgan fingerprint density at radius 1 is 1.15 bits per heavy atom. The van der Waals surface area contributed by atoms with Gasteiger partial charge < -0.3 is 9.73 Å². The minimum Gasteiger partial charge on any atom is -0.411 e. The number of carbonyl (C=O) groups excluding carboxylic acids is 1. The Bertz CT molecular complexity index is 928. The predicted molar refractivity (Wildman–Crippen MR) is 97.2 cm³/mol. The second-order valence-electron chi connectivity index (χ2n) is 5.02. The van der Waals surface area contributed by atoms with Crippen LogP contribution in [0.5, 0.6) is 0 Å². The Labute approximate surface area is 156 Å². The van der Waals surface area contributed by atoms with Crippen LogP contribution in [-0.4, -0.2) is 26.8 Å². The van der Waals surface area contributed by atoms with E-state index in [0.717, 1.165) is 11.8 Å². The van der Waals surface area contributed by atoms with Crippen molar-refractivity contribution >= 4 is 40.6 Å². The van der Waals surface area contributed by atoms with Gasteiger partial charge in [0.05, 0.1) is 10.7 Å². The van der Waals surface area contributed by atoms with Crippen LogP contribution >= 0.6 is 23.4 Å². The molecule has 0 saturated carbocycles. The zero-order valence-electron chi connectivity index (χ0n) is 13.1. The number of non-ortho nitro benzene ring substituents is 1. The smallest absolute Gasteiger partial charge is 0.277 e. The Balaban J connectivity index is 1.57. The summed E-state index contributed by atoms with van der Waals surface area (Å²) < 4.78 is 5.46. The number of anilines is 1. The molecule has 0 spiro atoms. The van der Waals surface area contributed by atoms with Crippen LogP contribution in [0.15, 0.2) is 58.2 Å². The van der Waals surface area contributed by atoms with E-state index in [9.17, 15) is 14.9 Å². The van der Waals surface area contributed by atoms with Crippen LogP contribution in [0.1, 0.15) is 0 Å². The number of nitro groups is 1. The third-order valence-electron chi connectivity index (χ3n) is 3.19. The summed E-state index contributed by atoms with van der Waals surface area (Å²) in [5.74, 6) is 0.0813. The lowest BCUT2D eigenvalue weighted by atomic mass is 10.2. The number of halogens is 1. The summed E-state index contributed by atoms with van der Waals surface area (Å²) in [6.45, 7) is 0. The molecule has 3 rings (SSSR count). The molecule has 26 heavy (non-hydrogen) atoms. The van der Waals surface area contributed by atoms with Crippen molar-refractivity contribution in [2.45, 2.75) is 5.22 Å². The molecule has 0 aliphatic carbocycles. The fourth-order valence-electron chi connectivity index (χ4n) is 1.97. The number of carbonyl (C=O) groups is 1. The van der Waals surface area contributed by atoms with Crippen LogP contribution < -0.4 is 5.32 Å². The van der Waals surface area contributed by atoms with Crippen LogP contribution in [0, 0.1) is 10.1 Å². The van der Waals surface area contributed by atoms with E-state index in [2.05, 4.69) is 15.5 Å². The number of nitro benzene ring substituents is 1. The maximum atomic E-state index is 11.9. The summed E-state index contributed by atoms with van der Waals surface area (Å²) >= 11 is 6.88. The fraction of sp³-hybridized carbons (Fsp3) is 0.0625. The van der Waals surface area contributed by atoms with Gasteiger partial charge in [-0.2, -0.15) is 0 Å². The zero-order valence-corrected chi connectivity index (χ0v) is 14.7. The summed E-state index contributed by atoms with van der Waals surface area (Å²) in [6, 6.07) is 12.5. The molecule has 0 saturated heterocycles. The number of hydrogen-bond donors (Lipinski definition) is 1. The first kappa shape index (κ1) is 17.9. The van der Waals surface area contributed by atoms with Gasteiger partial charge in [-0.1, -0.05) is 23.4 Å². The third kappa shape index (κ3) is 4.58. The molecule has 2 aromatic carbocycles. The molecule has 0 fully saturated rings. The number of aromatic nitrogens is 2. The first-order valence-electron chi connectivity index (χ1n) is 7.28. The number of nitrogens with one attached hydrogen (secondary N) is 1. The van der Waals surface area contributed by atoms with Gasteiger partial charge in [0.2, 0.25) is 11.8 Å². The molecule has 132 valence electrons. The van der Waals surface area contributed by atoms with Crippen LogP contribution in [-0.2, 0) is 4.79 Å². The molecule has 8 nitrogen and oxygen atoms in total. The van der Waals surface area contributed by atoms with Crippen LogP contribution in [0.3, 0.4) is 0 Å². The third-order valence-corrected chi connectivity index (χ3v) is 4.26. The maximum Gasteiger partial charge on any atom is 0.277 e. The van der Waals surface area contributed by atoms with E-state index in [0.29, 0.717) is 16.3 Å². The van der Waals surface area contributed by atoms with E-state index >= 15 is 0 Å². The summed E-state index contributed by atoms with van der Waals surface area (Å²) in [5, 5.41) is 21.9. The minimum absolute atomic E-state index is 0.0262. The molecule has 0 aliphatic rings. The average Bonchev–Trinajstić information content (AvgIpc) is 3.11. The Morgan fingerprint density at radius 3 is 2.50 bits per heavy atom. The van der Waals surface area contributed by atoms with E-state index in [1.54, 1.807) is 24.3 Å². The summed E-state index contributed by atoms with van der Waals surface area (Å²) in [6.07, 6.45) is 0. The van der Waals surface area contributed by atoms with E-state index in [-0.39, 0.29) is 28.5 Å². The van der Waals surface area contributed by atoms with Gasteiger partial charge in [-0.3, -0.25) is 14.9 Å². The van der Waals surface area contributed by atoms with Gasteiger partial charge in [-0.05, 0) is 36.4 Å². The molecular formula is C16H11ClN4O4S. The Kier molecular flexibility index (Phi) is 5.49. The van der Waals surface area contributed by atoms with Gasteiger partial charge in [-0.15, -0.1) is 10.2 Å².